The number of Topliss-reactive ketones (excluding diaryl/α,β-unsaturated/α-hetero) is 1. The van der Waals surface area contributed by atoms with E-state index in [0.29, 0.717) is 0 Å². The minimum atomic E-state index is 0.0576. The molecule has 0 saturated heterocycles. The predicted octanol–water partition coefficient (Wildman–Crippen LogP) is 0.895. The van der Waals surface area contributed by atoms with E-state index in [2.05, 4.69) is 24.3 Å². The first-order valence-corrected chi connectivity index (χ1v) is 4.90. The molecule has 1 unspecified atom stereocenters. The molecule has 0 saturated carbocycles. The molecule has 0 aliphatic heterocycles. The highest BCUT2D eigenvalue weighted by molar-refractivity contribution is 5.81. The van der Waals surface area contributed by atoms with Crippen molar-refractivity contribution in [2.45, 2.75) is 32.2 Å². The molecule has 0 amide bonds. The second kappa shape index (κ2) is 7.04. The maximum Gasteiger partial charge on any atom is 0.146 e. The highest BCUT2D eigenvalue weighted by Crippen LogP contribution is 2.02. The maximum absolute atomic E-state index is 11.0. The fourth-order valence-corrected chi connectivity index (χ4v) is 1.33. The second-order valence-corrected chi connectivity index (χ2v) is 3.75. The van der Waals surface area contributed by atoms with Gasteiger partial charge in [0.15, 0.2) is 0 Å². The van der Waals surface area contributed by atoms with Crippen molar-refractivity contribution < 1.29 is 4.79 Å². The topological polar surface area (TPSA) is 32.3 Å². The molecular weight excluding hydrogens is 164 g/mol. The zero-order valence-electron chi connectivity index (χ0n) is 9.26. The third-order valence-corrected chi connectivity index (χ3v) is 2.19. The van der Waals surface area contributed by atoms with E-state index < -0.39 is 0 Å². The van der Waals surface area contributed by atoms with Crippen LogP contribution in [-0.2, 0) is 4.79 Å². The number of nitrogens with one attached hydrogen (secondary N) is 1. The number of carbonyl (C=O) groups excluding carboxylic acids is 1. The number of hydrogen-bond acceptors (Lipinski definition) is 3. The third-order valence-electron chi connectivity index (χ3n) is 2.19. The fraction of sp³-hybridized carbons (Fsp3) is 0.900. The number of hydrogen-bond donors (Lipinski definition) is 1. The Bertz CT molecular complexity index is 146. The van der Waals surface area contributed by atoms with Gasteiger partial charge in [0.1, 0.15) is 5.78 Å². The number of likely N-dealkylation sites (N-methyl/N-ethyl adjacent to an activating group) is 1. The van der Waals surface area contributed by atoms with Crippen molar-refractivity contribution in [1.29, 1.82) is 0 Å². The van der Waals surface area contributed by atoms with E-state index in [1.54, 1.807) is 6.92 Å². The monoisotopic (exact) mass is 186 g/mol. The van der Waals surface area contributed by atoms with Crippen LogP contribution in [0.1, 0.15) is 26.2 Å². The molecule has 0 rings (SSSR count). The maximum atomic E-state index is 11.0. The lowest BCUT2D eigenvalue weighted by Crippen LogP contribution is -2.32. The van der Waals surface area contributed by atoms with Gasteiger partial charge in [0.25, 0.3) is 0 Å². The smallest absolute Gasteiger partial charge is 0.146 e. The molecule has 0 heterocycles. The van der Waals surface area contributed by atoms with Gasteiger partial charge in [-0.2, -0.15) is 0 Å². The van der Waals surface area contributed by atoms with Crippen molar-refractivity contribution in [3.05, 3.63) is 0 Å². The van der Waals surface area contributed by atoms with Crippen LogP contribution in [0, 0.1) is 0 Å². The highest BCUT2D eigenvalue weighted by Gasteiger charge is 2.09. The minimum absolute atomic E-state index is 0.0576. The summed E-state index contributed by atoms with van der Waals surface area (Å²) in [5.41, 5.74) is 0. The number of rotatable bonds is 7. The molecule has 0 bridgehead atoms. The lowest BCUT2D eigenvalue weighted by atomic mass is 10.1. The Labute approximate surface area is 81.5 Å². The van der Waals surface area contributed by atoms with Crippen molar-refractivity contribution >= 4 is 5.78 Å². The molecule has 3 nitrogen and oxygen atoms in total. The molecule has 78 valence electrons. The van der Waals surface area contributed by atoms with Crippen molar-refractivity contribution in [3.63, 3.8) is 0 Å². The van der Waals surface area contributed by atoms with Crippen LogP contribution < -0.4 is 5.32 Å². The van der Waals surface area contributed by atoms with Crippen LogP contribution in [0.25, 0.3) is 0 Å². The first kappa shape index (κ1) is 12.6. The molecule has 0 fully saturated rings. The molecule has 0 aliphatic rings. The molecular formula is C10H22N2O. The van der Waals surface area contributed by atoms with Crippen LogP contribution in [0.2, 0.25) is 0 Å². The molecule has 0 aromatic carbocycles. The standard InChI is InChI=1S/C10H22N2O/c1-9(13)10(11-2)7-5-6-8-12(3)4/h10-11H,5-8H2,1-4H3. The minimum Gasteiger partial charge on any atom is -0.311 e. The number of carbonyl (C=O) groups is 1. The van der Waals surface area contributed by atoms with Gasteiger partial charge in [0, 0.05) is 0 Å². The Kier molecular flexibility index (Phi) is 6.82. The summed E-state index contributed by atoms with van der Waals surface area (Å²) in [6.07, 6.45) is 3.24. The van der Waals surface area contributed by atoms with Crippen molar-refractivity contribution in [1.82, 2.24) is 10.2 Å². The fourth-order valence-electron chi connectivity index (χ4n) is 1.33. The normalized spacial score (nSPS) is 13.3. The van der Waals surface area contributed by atoms with Crippen LogP contribution >= 0.6 is 0 Å². The molecule has 0 spiro atoms. The molecule has 1 atom stereocenters. The summed E-state index contributed by atoms with van der Waals surface area (Å²) >= 11 is 0. The van der Waals surface area contributed by atoms with Crippen LogP contribution in [-0.4, -0.2) is 44.4 Å². The van der Waals surface area contributed by atoms with Crippen LogP contribution in [0.15, 0.2) is 0 Å². The molecule has 0 aromatic heterocycles. The molecule has 13 heavy (non-hydrogen) atoms. The first-order chi connectivity index (χ1) is 6.07. The van der Waals surface area contributed by atoms with Gasteiger partial charge in [0.05, 0.1) is 6.04 Å². The number of unbranched alkanes of at least 4 members (excludes halogenated alkanes) is 1. The van der Waals surface area contributed by atoms with E-state index in [-0.39, 0.29) is 11.8 Å². The number of ketones is 1. The third kappa shape index (κ3) is 6.72. The van der Waals surface area contributed by atoms with Crippen LogP contribution in [0.5, 0.6) is 0 Å². The van der Waals surface area contributed by atoms with Gasteiger partial charge in [0.2, 0.25) is 0 Å². The summed E-state index contributed by atoms with van der Waals surface area (Å²) in [4.78, 5) is 13.2. The average Bonchev–Trinajstić information content (AvgIpc) is 2.03. The Morgan fingerprint density at radius 2 is 2.00 bits per heavy atom. The van der Waals surface area contributed by atoms with Crippen molar-refractivity contribution in [2.75, 3.05) is 27.7 Å². The highest BCUT2D eigenvalue weighted by atomic mass is 16.1. The van der Waals surface area contributed by atoms with E-state index in [1.807, 2.05) is 7.05 Å². The summed E-state index contributed by atoms with van der Waals surface area (Å²) in [5, 5.41) is 3.03. The molecule has 0 aromatic rings. The van der Waals surface area contributed by atoms with Gasteiger partial charge < -0.3 is 10.2 Å². The van der Waals surface area contributed by atoms with E-state index >= 15 is 0 Å². The Morgan fingerprint density at radius 3 is 2.38 bits per heavy atom. The van der Waals surface area contributed by atoms with Gasteiger partial charge in [-0.15, -0.1) is 0 Å². The molecule has 1 N–H and O–H groups in total. The van der Waals surface area contributed by atoms with Gasteiger partial charge >= 0.3 is 0 Å². The Hall–Kier alpha value is -0.410. The Morgan fingerprint density at radius 1 is 1.38 bits per heavy atom. The Balaban J connectivity index is 3.44. The average molecular weight is 186 g/mol. The summed E-state index contributed by atoms with van der Waals surface area (Å²) in [7, 11) is 5.99. The van der Waals surface area contributed by atoms with Gasteiger partial charge in [-0.05, 0) is 47.5 Å². The van der Waals surface area contributed by atoms with Gasteiger partial charge in [-0.25, -0.2) is 0 Å². The van der Waals surface area contributed by atoms with E-state index in [0.717, 1.165) is 19.4 Å². The zero-order valence-corrected chi connectivity index (χ0v) is 9.26. The van der Waals surface area contributed by atoms with Crippen LogP contribution in [0.3, 0.4) is 0 Å². The summed E-state index contributed by atoms with van der Waals surface area (Å²) in [5.74, 6) is 0.243. The van der Waals surface area contributed by atoms with Gasteiger partial charge in [-0.3, -0.25) is 4.79 Å². The molecule has 0 aliphatic carbocycles. The second-order valence-electron chi connectivity index (χ2n) is 3.75. The lowest BCUT2D eigenvalue weighted by Gasteiger charge is -2.13. The molecule has 0 radical (unpaired) electrons. The summed E-state index contributed by atoms with van der Waals surface area (Å²) < 4.78 is 0. The van der Waals surface area contributed by atoms with Gasteiger partial charge in [-0.1, -0.05) is 6.42 Å². The summed E-state index contributed by atoms with van der Waals surface area (Å²) in [6, 6.07) is 0.0576. The summed E-state index contributed by atoms with van der Waals surface area (Å²) in [6.45, 7) is 2.75. The zero-order chi connectivity index (χ0) is 10.3. The van der Waals surface area contributed by atoms with E-state index in [1.165, 1.54) is 6.42 Å². The first-order valence-electron chi connectivity index (χ1n) is 4.90. The van der Waals surface area contributed by atoms with Crippen molar-refractivity contribution in [3.8, 4) is 0 Å². The predicted molar refractivity (Wildman–Crippen MR) is 55.9 cm³/mol. The van der Waals surface area contributed by atoms with Crippen LogP contribution in [0.4, 0.5) is 0 Å². The number of nitrogens with zero attached hydrogens (tertiary/aromatic N) is 1. The van der Waals surface area contributed by atoms with E-state index in [4.69, 9.17) is 0 Å². The molecule has 3 heteroatoms. The SMILES string of the molecule is CNC(CCCCN(C)C)C(C)=O. The van der Waals surface area contributed by atoms with Crippen molar-refractivity contribution in [2.24, 2.45) is 0 Å². The quantitative estimate of drug-likeness (QED) is 0.599. The van der Waals surface area contributed by atoms with E-state index in [9.17, 15) is 4.79 Å². The lowest BCUT2D eigenvalue weighted by molar-refractivity contribution is -0.119. The largest absolute Gasteiger partial charge is 0.311 e.